The lowest BCUT2D eigenvalue weighted by Gasteiger charge is -2.40. The lowest BCUT2D eigenvalue weighted by molar-refractivity contribution is -0.137. The maximum absolute atomic E-state index is 15.3. The van der Waals surface area contributed by atoms with Crippen molar-refractivity contribution in [2.75, 3.05) is 31.6 Å². The second-order valence-electron chi connectivity index (χ2n) is 7.29. The Kier molecular flexibility index (Phi) is 6.99. The minimum Gasteiger partial charge on any atom is -0.467 e. The largest absolute Gasteiger partial charge is 0.467 e. The van der Waals surface area contributed by atoms with Gasteiger partial charge in [0.15, 0.2) is 5.82 Å². The first-order chi connectivity index (χ1) is 15.6. The first-order valence-electron chi connectivity index (χ1n) is 9.89. The molecule has 176 valence electrons. The van der Waals surface area contributed by atoms with Crippen molar-refractivity contribution in [3.63, 3.8) is 0 Å². The van der Waals surface area contributed by atoms with Gasteiger partial charge in [0, 0.05) is 36.6 Å². The Morgan fingerprint density at radius 3 is 2.58 bits per heavy atom. The van der Waals surface area contributed by atoms with Crippen molar-refractivity contribution < 1.29 is 31.5 Å². The summed E-state index contributed by atoms with van der Waals surface area (Å²) in [5.41, 5.74) is -2.40. The Bertz CT molecular complexity index is 1130. The fourth-order valence-corrected chi connectivity index (χ4v) is 3.72. The second-order valence-corrected chi connectivity index (χ2v) is 7.29. The fraction of sp³-hybridized carbons (Fsp3) is 0.318. The predicted octanol–water partition coefficient (Wildman–Crippen LogP) is 4.52. The van der Waals surface area contributed by atoms with E-state index in [0.717, 1.165) is 24.3 Å². The number of aromatic nitrogens is 2. The maximum Gasteiger partial charge on any atom is 0.417 e. The van der Waals surface area contributed by atoms with Crippen LogP contribution >= 0.6 is 0 Å². The molecule has 1 aromatic heterocycles. The van der Waals surface area contributed by atoms with Crippen molar-refractivity contribution in [3.8, 4) is 6.01 Å². The maximum atomic E-state index is 15.3. The molecule has 1 aliphatic rings. The van der Waals surface area contributed by atoms with E-state index in [1.165, 1.54) is 13.2 Å². The predicted molar refractivity (Wildman–Crippen MR) is 114 cm³/mol. The smallest absolute Gasteiger partial charge is 0.417 e. The van der Waals surface area contributed by atoms with Gasteiger partial charge in [-0.2, -0.15) is 23.1 Å². The Morgan fingerprint density at radius 2 is 2.00 bits per heavy atom. The summed E-state index contributed by atoms with van der Waals surface area (Å²) in [6, 6.07) is 0.242. The van der Waals surface area contributed by atoms with Crippen LogP contribution in [0.4, 0.5) is 27.8 Å². The Morgan fingerprint density at radius 1 is 1.27 bits per heavy atom. The molecule has 1 fully saturated rings. The van der Waals surface area contributed by atoms with E-state index in [1.54, 1.807) is 16.7 Å². The topological polar surface area (TPSA) is 58.6 Å². The summed E-state index contributed by atoms with van der Waals surface area (Å²) in [6.45, 7) is 5.99. The van der Waals surface area contributed by atoms with E-state index in [9.17, 15) is 22.4 Å². The number of anilines is 1. The molecule has 1 amide bonds. The number of benzene rings is 1. The highest BCUT2D eigenvalue weighted by atomic mass is 19.4. The lowest BCUT2D eigenvalue weighted by Crippen LogP contribution is -2.54. The van der Waals surface area contributed by atoms with Crippen molar-refractivity contribution >= 4 is 28.7 Å². The molecule has 6 nitrogen and oxygen atoms in total. The average molecular weight is 468 g/mol. The van der Waals surface area contributed by atoms with Gasteiger partial charge in [-0.15, -0.1) is 0 Å². The first kappa shape index (κ1) is 24.1. The van der Waals surface area contributed by atoms with Crippen LogP contribution in [0.2, 0.25) is 0 Å². The number of piperazine rings is 1. The van der Waals surface area contributed by atoms with Crippen molar-refractivity contribution in [1.82, 2.24) is 14.9 Å². The molecule has 33 heavy (non-hydrogen) atoms. The van der Waals surface area contributed by atoms with Gasteiger partial charge in [0.05, 0.1) is 19.0 Å². The van der Waals surface area contributed by atoms with E-state index < -0.39 is 23.1 Å². The SMILES string of the molecule is C=CC(=O)N1CCN(c2nc(OC)nc3c(F)c(/C=C/C=C/F)c(C(F)(F)F)cc23)CC1C. The van der Waals surface area contributed by atoms with Gasteiger partial charge in [0.25, 0.3) is 0 Å². The van der Waals surface area contributed by atoms with Crippen LogP contribution in [0.5, 0.6) is 6.01 Å². The Hall–Kier alpha value is -3.50. The molecule has 0 aliphatic carbocycles. The quantitative estimate of drug-likeness (QED) is 0.367. The molecule has 1 aromatic carbocycles. The molecule has 11 heteroatoms. The summed E-state index contributed by atoms with van der Waals surface area (Å²) in [5, 5.41) is -0.158. The molecule has 1 atom stereocenters. The average Bonchev–Trinajstić information content (AvgIpc) is 2.78. The fourth-order valence-electron chi connectivity index (χ4n) is 3.72. The van der Waals surface area contributed by atoms with E-state index >= 15 is 4.39 Å². The monoisotopic (exact) mass is 468 g/mol. The molecule has 2 heterocycles. The molecule has 0 bridgehead atoms. The zero-order valence-corrected chi connectivity index (χ0v) is 17.9. The third-order valence-electron chi connectivity index (χ3n) is 5.25. The second kappa shape index (κ2) is 9.55. The molecular weight excluding hydrogens is 447 g/mol. The van der Waals surface area contributed by atoms with E-state index in [4.69, 9.17) is 4.74 Å². The summed E-state index contributed by atoms with van der Waals surface area (Å²) < 4.78 is 74.1. The number of nitrogens with zero attached hydrogens (tertiary/aromatic N) is 4. The lowest BCUT2D eigenvalue weighted by atomic mass is 10.0. The van der Waals surface area contributed by atoms with Crippen LogP contribution in [0, 0.1) is 5.82 Å². The van der Waals surface area contributed by atoms with Crippen LogP contribution in [-0.4, -0.2) is 53.6 Å². The molecule has 0 N–H and O–H groups in total. The van der Waals surface area contributed by atoms with E-state index in [-0.39, 0.29) is 60.6 Å². The number of hydrogen-bond acceptors (Lipinski definition) is 5. The number of carbonyl (C=O) groups is 1. The van der Waals surface area contributed by atoms with Crippen LogP contribution < -0.4 is 9.64 Å². The van der Waals surface area contributed by atoms with E-state index in [2.05, 4.69) is 16.5 Å². The third kappa shape index (κ3) is 4.81. The summed E-state index contributed by atoms with van der Waals surface area (Å²) in [5.74, 6) is -1.45. The first-order valence-corrected chi connectivity index (χ1v) is 9.89. The van der Waals surface area contributed by atoms with Crippen LogP contribution in [0.3, 0.4) is 0 Å². The normalized spacial score (nSPS) is 17.4. The van der Waals surface area contributed by atoms with Crippen molar-refractivity contribution in [2.45, 2.75) is 19.1 Å². The molecular formula is C22H21F5N4O2. The van der Waals surface area contributed by atoms with Gasteiger partial charge in [0.1, 0.15) is 11.3 Å². The number of halogens is 5. The highest BCUT2D eigenvalue weighted by molar-refractivity contribution is 5.93. The van der Waals surface area contributed by atoms with Crippen LogP contribution in [0.15, 0.2) is 37.2 Å². The zero-order valence-electron chi connectivity index (χ0n) is 17.9. The third-order valence-corrected chi connectivity index (χ3v) is 5.25. The highest BCUT2D eigenvalue weighted by Gasteiger charge is 2.37. The highest BCUT2D eigenvalue weighted by Crippen LogP contribution is 2.40. The number of rotatable bonds is 5. The molecule has 0 radical (unpaired) electrons. The minimum atomic E-state index is -4.90. The van der Waals surface area contributed by atoms with Crippen molar-refractivity contribution in [3.05, 3.63) is 54.1 Å². The van der Waals surface area contributed by atoms with Crippen LogP contribution in [-0.2, 0) is 11.0 Å². The van der Waals surface area contributed by atoms with Gasteiger partial charge in [-0.3, -0.25) is 4.79 Å². The van der Waals surface area contributed by atoms with E-state index in [0.29, 0.717) is 0 Å². The number of hydrogen-bond donors (Lipinski definition) is 0. The summed E-state index contributed by atoms with van der Waals surface area (Å²) >= 11 is 0. The summed E-state index contributed by atoms with van der Waals surface area (Å²) in [4.78, 5) is 23.4. The molecule has 0 spiro atoms. The molecule has 1 aliphatic heterocycles. The van der Waals surface area contributed by atoms with Crippen LogP contribution in [0.25, 0.3) is 17.0 Å². The number of ether oxygens (including phenoxy) is 1. The molecule has 0 saturated carbocycles. The Labute approximate surface area is 186 Å². The number of methoxy groups -OCH3 is 1. The molecule has 1 unspecified atom stereocenters. The number of amides is 1. The van der Waals surface area contributed by atoms with Crippen LogP contribution in [0.1, 0.15) is 18.1 Å². The van der Waals surface area contributed by atoms with Gasteiger partial charge in [0.2, 0.25) is 5.91 Å². The number of fused-ring (bicyclic) bond motifs is 1. The number of allylic oxidation sites excluding steroid dienone is 2. The minimum absolute atomic E-state index is 0.0537. The van der Waals surface area contributed by atoms with Gasteiger partial charge < -0.3 is 14.5 Å². The molecule has 2 aromatic rings. The van der Waals surface area contributed by atoms with E-state index in [1.807, 2.05) is 0 Å². The standard InChI is InChI=1S/C22H21F5N4O2/c1-4-17(32)31-10-9-30(12-13(31)2)20-15-11-16(22(25,26)27)14(7-5-6-8-23)18(24)19(15)28-21(29-20)33-3/h4-8,11,13H,1,9-10,12H2,2-3H3/b7-5+,8-6+. The van der Waals surface area contributed by atoms with Gasteiger partial charge in [-0.25, -0.2) is 8.78 Å². The zero-order chi connectivity index (χ0) is 24.3. The van der Waals surface area contributed by atoms with Crippen molar-refractivity contribution in [2.24, 2.45) is 0 Å². The number of alkyl halides is 3. The van der Waals surface area contributed by atoms with Gasteiger partial charge in [-0.05, 0) is 25.1 Å². The summed E-state index contributed by atoms with van der Waals surface area (Å²) in [6.07, 6.45) is -0.980. The number of carbonyl (C=O) groups excluding carboxylic acids is 1. The van der Waals surface area contributed by atoms with Gasteiger partial charge in [-0.1, -0.05) is 18.7 Å². The summed E-state index contributed by atoms with van der Waals surface area (Å²) in [7, 11) is 1.25. The Balaban J connectivity index is 2.21. The molecule has 1 saturated heterocycles. The van der Waals surface area contributed by atoms with Crippen molar-refractivity contribution in [1.29, 1.82) is 0 Å². The van der Waals surface area contributed by atoms with Gasteiger partial charge >= 0.3 is 12.2 Å². The molecule has 3 rings (SSSR count).